The van der Waals surface area contributed by atoms with Crippen molar-refractivity contribution in [2.75, 3.05) is 10.6 Å². The van der Waals surface area contributed by atoms with E-state index in [0.717, 1.165) is 12.1 Å². The zero-order chi connectivity index (χ0) is 26.7. The molecule has 0 fully saturated rings. The van der Waals surface area contributed by atoms with Crippen LogP contribution in [0.3, 0.4) is 0 Å². The molecule has 2 aromatic carbocycles. The molecule has 4 rings (SSSR count). The topological polar surface area (TPSA) is 116 Å². The highest BCUT2D eigenvalue weighted by Gasteiger charge is 2.25. The van der Waals surface area contributed by atoms with Gasteiger partial charge in [0.15, 0.2) is 0 Å². The number of anilines is 2. The van der Waals surface area contributed by atoms with Crippen LogP contribution in [0.1, 0.15) is 54.0 Å². The Balaban J connectivity index is 1.74. The SMILES string of the molecule is CC(=O)Nc1ccc2c(c1)NC(=O)CC/C=C\C[C@H](NC(=O)c1c(F)cc(C)cc1F)c1nc-2c(Cl)[nH]1. The number of fused-ring (bicyclic) bond motifs is 4. The van der Waals surface area contributed by atoms with E-state index in [0.29, 0.717) is 28.9 Å². The third kappa shape index (κ3) is 6.03. The van der Waals surface area contributed by atoms with E-state index in [4.69, 9.17) is 11.6 Å². The van der Waals surface area contributed by atoms with E-state index in [9.17, 15) is 23.2 Å². The van der Waals surface area contributed by atoms with Gasteiger partial charge in [-0.2, -0.15) is 0 Å². The average Bonchev–Trinajstić information content (AvgIpc) is 3.18. The molecule has 0 saturated heterocycles. The maximum atomic E-state index is 14.4. The molecule has 0 saturated carbocycles. The molecule has 8 nitrogen and oxygen atoms in total. The molecule has 0 aliphatic carbocycles. The van der Waals surface area contributed by atoms with Gasteiger partial charge in [0, 0.05) is 24.6 Å². The van der Waals surface area contributed by atoms with Gasteiger partial charge in [-0.15, -0.1) is 0 Å². The van der Waals surface area contributed by atoms with Gasteiger partial charge in [0.25, 0.3) is 5.91 Å². The molecule has 0 radical (unpaired) electrons. The van der Waals surface area contributed by atoms with Crippen LogP contribution < -0.4 is 16.0 Å². The summed E-state index contributed by atoms with van der Waals surface area (Å²) < 4.78 is 28.9. The lowest BCUT2D eigenvalue weighted by molar-refractivity contribution is -0.116. The van der Waals surface area contributed by atoms with Crippen LogP contribution in [0.5, 0.6) is 0 Å². The number of aromatic amines is 1. The Morgan fingerprint density at radius 2 is 1.86 bits per heavy atom. The summed E-state index contributed by atoms with van der Waals surface area (Å²) in [5.74, 6) is -3.16. The number of hydrogen-bond acceptors (Lipinski definition) is 4. The van der Waals surface area contributed by atoms with Crippen LogP contribution in [-0.4, -0.2) is 27.7 Å². The number of amides is 3. The number of imidazole rings is 1. The number of hydrogen-bond donors (Lipinski definition) is 4. The zero-order valence-electron chi connectivity index (χ0n) is 20.0. The summed E-state index contributed by atoms with van der Waals surface area (Å²) >= 11 is 6.47. The minimum absolute atomic E-state index is 0.130. The summed E-state index contributed by atoms with van der Waals surface area (Å²) in [6, 6.07) is 6.24. The minimum atomic E-state index is -0.971. The lowest BCUT2D eigenvalue weighted by Crippen LogP contribution is -2.30. The van der Waals surface area contributed by atoms with Gasteiger partial charge in [0.2, 0.25) is 11.8 Å². The predicted octanol–water partition coefficient (Wildman–Crippen LogP) is 5.42. The first-order chi connectivity index (χ1) is 17.6. The van der Waals surface area contributed by atoms with E-state index in [2.05, 4.69) is 25.9 Å². The van der Waals surface area contributed by atoms with Gasteiger partial charge >= 0.3 is 0 Å². The lowest BCUT2D eigenvalue weighted by atomic mass is 10.1. The van der Waals surface area contributed by atoms with Gasteiger partial charge in [-0.25, -0.2) is 13.8 Å². The molecule has 3 aromatic rings. The first-order valence-corrected chi connectivity index (χ1v) is 11.9. The van der Waals surface area contributed by atoms with Crippen molar-refractivity contribution in [3.05, 3.63) is 76.2 Å². The summed E-state index contributed by atoms with van der Waals surface area (Å²) in [5, 5.41) is 8.26. The second kappa shape index (κ2) is 10.9. The van der Waals surface area contributed by atoms with Crippen LogP contribution >= 0.6 is 11.6 Å². The summed E-state index contributed by atoms with van der Waals surface area (Å²) in [5.41, 5.74) is 1.27. The standard InChI is InChI=1S/C26H24ClF2N5O3/c1-13-10-17(28)22(18(29)11-13)26(37)32-19-6-4-3-5-7-21(36)31-20-12-15(30-14(2)35)8-9-16(20)23-24(27)34-25(19)33-23/h3-4,8-12,19H,5-7H2,1-2H3,(H,30,35)(H,31,36)(H,32,37)(H,33,34)/b4-3-/t19-/m0/s1. The molecule has 37 heavy (non-hydrogen) atoms. The van der Waals surface area contributed by atoms with Crippen LogP contribution in [0.25, 0.3) is 11.3 Å². The highest BCUT2D eigenvalue weighted by Crippen LogP contribution is 2.35. The highest BCUT2D eigenvalue weighted by molar-refractivity contribution is 6.32. The third-order valence-corrected chi connectivity index (χ3v) is 5.95. The van der Waals surface area contributed by atoms with Crippen molar-refractivity contribution < 1.29 is 23.2 Å². The van der Waals surface area contributed by atoms with E-state index >= 15 is 0 Å². The molecule has 192 valence electrons. The molecule has 1 aliphatic rings. The Kier molecular flexibility index (Phi) is 7.68. The van der Waals surface area contributed by atoms with Crippen molar-refractivity contribution in [2.24, 2.45) is 0 Å². The summed E-state index contributed by atoms with van der Waals surface area (Å²) in [6.07, 6.45) is 4.33. The van der Waals surface area contributed by atoms with E-state index in [-0.39, 0.29) is 41.3 Å². The van der Waals surface area contributed by atoms with Crippen molar-refractivity contribution in [2.45, 2.75) is 39.2 Å². The van der Waals surface area contributed by atoms with Crippen LogP contribution in [0.2, 0.25) is 5.15 Å². The molecule has 2 heterocycles. The first-order valence-electron chi connectivity index (χ1n) is 11.5. The number of nitrogens with one attached hydrogen (secondary N) is 4. The lowest BCUT2D eigenvalue weighted by Gasteiger charge is -2.16. The number of rotatable bonds is 3. The quantitative estimate of drug-likeness (QED) is 0.340. The molecule has 0 unspecified atom stereocenters. The van der Waals surface area contributed by atoms with E-state index in [1.54, 1.807) is 30.4 Å². The fourth-order valence-electron chi connectivity index (χ4n) is 4.01. The average molecular weight is 528 g/mol. The molecule has 1 aromatic heterocycles. The Hall–Kier alpha value is -4.05. The molecular weight excluding hydrogens is 504 g/mol. The summed E-state index contributed by atoms with van der Waals surface area (Å²) in [7, 11) is 0. The second-order valence-electron chi connectivity index (χ2n) is 8.65. The predicted molar refractivity (Wildman–Crippen MR) is 136 cm³/mol. The number of aromatic nitrogens is 2. The van der Waals surface area contributed by atoms with E-state index in [1.807, 2.05) is 0 Å². The number of benzene rings is 2. The molecule has 1 atom stereocenters. The maximum absolute atomic E-state index is 14.4. The zero-order valence-corrected chi connectivity index (χ0v) is 20.8. The fourth-order valence-corrected chi connectivity index (χ4v) is 4.25. The van der Waals surface area contributed by atoms with Crippen LogP contribution in [0.4, 0.5) is 20.2 Å². The van der Waals surface area contributed by atoms with Crippen molar-refractivity contribution in [1.29, 1.82) is 0 Å². The van der Waals surface area contributed by atoms with Crippen LogP contribution in [0.15, 0.2) is 42.5 Å². The Morgan fingerprint density at radius 3 is 2.57 bits per heavy atom. The van der Waals surface area contributed by atoms with Gasteiger partial charge in [-0.1, -0.05) is 23.8 Å². The fraction of sp³-hybridized carbons (Fsp3) is 0.231. The minimum Gasteiger partial charge on any atom is -0.342 e. The van der Waals surface area contributed by atoms with Gasteiger partial charge in [0.1, 0.15) is 33.9 Å². The smallest absolute Gasteiger partial charge is 0.257 e. The van der Waals surface area contributed by atoms with Crippen molar-refractivity contribution in [3.8, 4) is 11.3 Å². The van der Waals surface area contributed by atoms with Crippen molar-refractivity contribution in [3.63, 3.8) is 0 Å². The number of halogens is 3. The third-order valence-electron chi connectivity index (χ3n) is 5.67. The molecule has 11 heteroatoms. The molecule has 1 aliphatic heterocycles. The van der Waals surface area contributed by atoms with Crippen LogP contribution in [-0.2, 0) is 9.59 Å². The number of carbonyl (C=O) groups excluding carboxylic acids is 3. The Labute approximate surface area is 216 Å². The normalized spacial score (nSPS) is 16.4. The molecule has 4 N–H and O–H groups in total. The van der Waals surface area contributed by atoms with Gasteiger partial charge < -0.3 is 20.9 Å². The number of nitrogens with zero attached hydrogens (tertiary/aromatic N) is 1. The molecule has 2 bridgehead atoms. The monoisotopic (exact) mass is 527 g/mol. The van der Waals surface area contributed by atoms with Crippen LogP contribution in [0, 0.1) is 18.6 Å². The number of allylic oxidation sites excluding steroid dienone is 1. The maximum Gasteiger partial charge on any atom is 0.257 e. The summed E-state index contributed by atoms with van der Waals surface area (Å²) in [6.45, 7) is 2.89. The summed E-state index contributed by atoms with van der Waals surface area (Å²) in [4.78, 5) is 44.4. The second-order valence-corrected chi connectivity index (χ2v) is 9.03. The van der Waals surface area contributed by atoms with Gasteiger partial charge in [0.05, 0.1) is 11.7 Å². The number of H-pyrrole nitrogens is 1. The first kappa shape index (κ1) is 26.0. The largest absolute Gasteiger partial charge is 0.342 e. The van der Waals surface area contributed by atoms with Gasteiger partial charge in [-0.3, -0.25) is 14.4 Å². The number of carbonyl (C=O) groups is 3. The molecular formula is C26H24ClF2N5O3. The number of aryl methyl sites for hydroxylation is 1. The van der Waals surface area contributed by atoms with E-state index in [1.165, 1.54) is 13.8 Å². The Morgan fingerprint density at radius 1 is 1.14 bits per heavy atom. The van der Waals surface area contributed by atoms with Crippen molar-refractivity contribution >= 4 is 40.7 Å². The van der Waals surface area contributed by atoms with E-state index < -0.39 is 29.1 Å². The Bertz CT molecular complexity index is 1400. The van der Waals surface area contributed by atoms with Crippen molar-refractivity contribution in [1.82, 2.24) is 15.3 Å². The van der Waals surface area contributed by atoms with Gasteiger partial charge in [-0.05, 0) is 55.7 Å². The highest BCUT2D eigenvalue weighted by atomic mass is 35.5. The molecule has 3 amide bonds. The molecule has 0 spiro atoms.